The quantitative estimate of drug-likeness (QED) is 0.231. The minimum Gasteiger partial charge on any atom is -0.206 e. The summed E-state index contributed by atoms with van der Waals surface area (Å²) < 4.78 is 28.9. The van der Waals surface area contributed by atoms with Crippen LogP contribution in [0.2, 0.25) is 5.02 Å². The van der Waals surface area contributed by atoms with E-state index in [0.717, 1.165) is 29.2 Å². The molecule has 0 N–H and O–H groups in total. The lowest BCUT2D eigenvalue weighted by atomic mass is 9.77. The fourth-order valence-electron chi connectivity index (χ4n) is 5.75. The third-order valence-corrected chi connectivity index (χ3v) is 8.35. The fraction of sp³-hybridized carbons (Fsp3) is 0.500. The van der Waals surface area contributed by atoms with Gasteiger partial charge in [0.15, 0.2) is 0 Å². The molecule has 0 spiro atoms. The second kappa shape index (κ2) is 12.9. The highest BCUT2D eigenvalue weighted by atomic mass is 35.5. The van der Waals surface area contributed by atoms with Crippen LogP contribution in [0.3, 0.4) is 0 Å². The number of halogens is 3. The molecule has 0 atom stereocenters. The summed E-state index contributed by atoms with van der Waals surface area (Å²) in [4.78, 5) is 0. The maximum atomic E-state index is 15.2. The van der Waals surface area contributed by atoms with Gasteiger partial charge < -0.3 is 0 Å². The van der Waals surface area contributed by atoms with Crippen molar-refractivity contribution in [1.82, 2.24) is 0 Å². The van der Waals surface area contributed by atoms with Crippen molar-refractivity contribution in [2.75, 3.05) is 0 Å². The smallest absolute Gasteiger partial charge is 0.142 e. The van der Waals surface area contributed by atoms with Crippen LogP contribution in [-0.4, -0.2) is 0 Å². The number of unbranched alkanes of at least 4 members (excludes halogenated alkanes) is 3. The van der Waals surface area contributed by atoms with Gasteiger partial charge in [-0.2, -0.15) is 0 Å². The number of hydrogen-bond donors (Lipinski definition) is 0. The van der Waals surface area contributed by atoms with Gasteiger partial charge in [0, 0.05) is 5.39 Å². The van der Waals surface area contributed by atoms with Gasteiger partial charge in [-0.3, -0.25) is 0 Å². The molecular formula is C32H39ClF2. The molecule has 1 aliphatic carbocycles. The van der Waals surface area contributed by atoms with E-state index in [9.17, 15) is 4.39 Å². The number of hydrogen-bond acceptors (Lipinski definition) is 0. The van der Waals surface area contributed by atoms with Crippen LogP contribution < -0.4 is 0 Å². The van der Waals surface area contributed by atoms with Crippen molar-refractivity contribution >= 4 is 22.4 Å². The van der Waals surface area contributed by atoms with E-state index in [4.69, 9.17) is 11.6 Å². The van der Waals surface area contributed by atoms with Gasteiger partial charge in [0.25, 0.3) is 0 Å². The molecule has 0 amide bonds. The standard InChI is InChI=1S/C32H39ClF2/c1-2-3-4-5-6-23-7-9-24(10-8-23)11-12-25-14-19-29-28(21-25)18-17-27(32(29)35)16-13-26-15-20-30(33)31(34)22-26/h14-15,17-24H,2-13,16H2,1H3. The number of fused-ring (bicyclic) bond motifs is 1. The van der Waals surface area contributed by atoms with Gasteiger partial charge in [0.1, 0.15) is 11.6 Å². The molecule has 0 unspecified atom stereocenters. The molecule has 0 aliphatic heterocycles. The van der Waals surface area contributed by atoms with E-state index in [2.05, 4.69) is 19.1 Å². The zero-order chi connectivity index (χ0) is 24.6. The lowest BCUT2D eigenvalue weighted by Crippen LogP contribution is -2.15. The topological polar surface area (TPSA) is 0 Å². The average molecular weight is 497 g/mol. The molecule has 35 heavy (non-hydrogen) atoms. The Bertz CT molecular complexity index is 1100. The largest absolute Gasteiger partial charge is 0.206 e. The van der Waals surface area contributed by atoms with Crippen LogP contribution >= 0.6 is 11.6 Å². The van der Waals surface area contributed by atoms with Gasteiger partial charge in [-0.15, -0.1) is 0 Å². The molecule has 0 heterocycles. The van der Waals surface area contributed by atoms with Crippen molar-refractivity contribution in [1.29, 1.82) is 0 Å². The molecule has 3 aromatic rings. The molecule has 0 bridgehead atoms. The SMILES string of the molecule is CCCCCCC1CCC(CCc2ccc3c(F)c(CCc4ccc(Cl)c(F)c4)ccc3c2)CC1. The zero-order valence-corrected chi connectivity index (χ0v) is 21.9. The predicted molar refractivity (Wildman–Crippen MR) is 145 cm³/mol. The molecule has 1 saturated carbocycles. The second-order valence-electron chi connectivity index (χ2n) is 10.6. The molecule has 0 radical (unpaired) electrons. The third kappa shape index (κ3) is 7.29. The summed E-state index contributed by atoms with van der Waals surface area (Å²) in [6.45, 7) is 2.28. The first-order valence-corrected chi connectivity index (χ1v) is 14.0. The Morgan fingerprint density at radius 3 is 2.20 bits per heavy atom. The summed E-state index contributed by atoms with van der Waals surface area (Å²) in [6.07, 6.45) is 16.0. The van der Waals surface area contributed by atoms with E-state index in [0.29, 0.717) is 23.8 Å². The van der Waals surface area contributed by atoms with Gasteiger partial charge >= 0.3 is 0 Å². The average Bonchev–Trinajstić information content (AvgIpc) is 2.87. The van der Waals surface area contributed by atoms with Crippen molar-refractivity contribution < 1.29 is 8.78 Å². The highest BCUT2D eigenvalue weighted by Crippen LogP contribution is 2.34. The molecule has 0 aromatic heterocycles. The van der Waals surface area contributed by atoms with Crippen LogP contribution in [0.15, 0.2) is 48.5 Å². The molecule has 1 fully saturated rings. The van der Waals surface area contributed by atoms with Crippen LogP contribution in [0.25, 0.3) is 10.8 Å². The Hall–Kier alpha value is -1.93. The lowest BCUT2D eigenvalue weighted by Gasteiger charge is -2.28. The minimum absolute atomic E-state index is 0.118. The van der Waals surface area contributed by atoms with Crippen LogP contribution in [-0.2, 0) is 19.3 Å². The van der Waals surface area contributed by atoms with Crippen LogP contribution in [0.5, 0.6) is 0 Å². The van der Waals surface area contributed by atoms with E-state index in [1.807, 2.05) is 18.2 Å². The number of rotatable bonds is 11. The lowest BCUT2D eigenvalue weighted by molar-refractivity contribution is 0.249. The molecule has 3 heteroatoms. The van der Waals surface area contributed by atoms with Crippen LogP contribution in [0.1, 0.15) is 87.8 Å². The first kappa shape index (κ1) is 26.1. The third-order valence-electron chi connectivity index (χ3n) is 8.04. The monoisotopic (exact) mass is 496 g/mol. The zero-order valence-electron chi connectivity index (χ0n) is 21.1. The normalized spacial score (nSPS) is 18.3. The Balaban J connectivity index is 1.28. The maximum absolute atomic E-state index is 15.2. The van der Waals surface area contributed by atoms with Crippen LogP contribution in [0, 0.1) is 23.5 Å². The molecule has 1 aliphatic rings. The summed E-state index contributed by atoms with van der Waals surface area (Å²) in [5.74, 6) is 1.22. The van der Waals surface area contributed by atoms with Gasteiger partial charge in [-0.05, 0) is 71.7 Å². The van der Waals surface area contributed by atoms with Crippen molar-refractivity contribution in [3.63, 3.8) is 0 Å². The molecule has 0 nitrogen and oxygen atoms in total. The summed E-state index contributed by atoms with van der Waals surface area (Å²) in [5.41, 5.74) is 2.81. The first-order chi connectivity index (χ1) is 17.0. The summed E-state index contributed by atoms with van der Waals surface area (Å²) in [7, 11) is 0. The molecular weight excluding hydrogens is 458 g/mol. The Labute approximate surface area is 215 Å². The van der Waals surface area contributed by atoms with E-state index >= 15 is 4.39 Å². The minimum atomic E-state index is -0.425. The summed E-state index contributed by atoms with van der Waals surface area (Å²) in [6, 6.07) is 14.9. The van der Waals surface area contributed by atoms with Gasteiger partial charge in [0.05, 0.1) is 5.02 Å². The van der Waals surface area contributed by atoms with Crippen molar-refractivity contribution in [3.8, 4) is 0 Å². The van der Waals surface area contributed by atoms with E-state index in [1.54, 1.807) is 12.1 Å². The second-order valence-corrected chi connectivity index (χ2v) is 11.0. The van der Waals surface area contributed by atoms with Crippen molar-refractivity contribution in [2.24, 2.45) is 11.8 Å². The van der Waals surface area contributed by atoms with Crippen molar-refractivity contribution in [3.05, 3.63) is 81.9 Å². The van der Waals surface area contributed by atoms with E-state index in [1.165, 1.54) is 75.8 Å². The van der Waals surface area contributed by atoms with E-state index < -0.39 is 5.82 Å². The Morgan fingerprint density at radius 2 is 1.46 bits per heavy atom. The van der Waals surface area contributed by atoms with Gasteiger partial charge in [-0.25, -0.2) is 8.78 Å². The summed E-state index contributed by atoms with van der Waals surface area (Å²) in [5, 5.41) is 1.76. The highest BCUT2D eigenvalue weighted by Gasteiger charge is 2.20. The Morgan fingerprint density at radius 1 is 0.743 bits per heavy atom. The summed E-state index contributed by atoms with van der Waals surface area (Å²) >= 11 is 5.76. The van der Waals surface area contributed by atoms with Crippen molar-refractivity contribution in [2.45, 2.75) is 90.4 Å². The number of benzene rings is 3. The number of aryl methyl sites for hydroxylation is 3. The molecule has 188 valence electrons. The van der Waals surface area contributed by atoms with Crippen LogP contribution in [0.4, 0.5) is 8.78 Å². The van der Waals surface area contributed by atoms with Gasteiger partial charge in [-0.1, -0.05) is 113 Å². The fourth-order valence-corrected chi connectivity index (χ4v) is 5.87. The predicted octanol–water partition coefficient (Wildman–Crippen LogP) is 10.3. The Kier molecular flexibility index (Phi) is 9.60. The van der Waals surface area contributed by atoms with Gasteiger partial charge in [0.2, 0.25) is 0 Å². The molecule has 3 aromatic carbocycles. The maximum Gasteiger partial charge on any atom is 0.142 e. The molecule has 0 saturated heterocycles. The molecule has 4 rings (SSSR count). The highest BCUT2D eigenvalue weighted by molar-refractivity contribution is 6.30. The van der Waals surface area contributed by atoms with E-state index in [-0.39, 0.29) is 10.8 Å². The first-order valence-electron chi connectivity index (χ1n) is 13.7.